The number of hydrogen-bond donors (Lipinski definition) is 1. The molecule has 2 rings (SSSR count). The second-order valence-electron chi connectivity index (χ2n) is 5.15. The molecule has 1 aliphatic rings. The molecule has 1 aromatic rings. The number of aryl methyl sites for hydroxylation is 1. The third kappa shape index (κ3) is 2.98. The molecule has 0 saturated carbocycles. The van der Waals surface area contributed by atoms with Gasteiger partial charge < -0.3 is 15.0 Å². The summed E-state index contributed by atoms with van der Waals surface area (Å²) in [5, 5.41) is 6.87. The zero-order valence-corrected chi connectivity index (χ0v) is 12.0. The van der Waals surface area contributed by atoms with Crippen molar-refractivity contribution in [3.8, 4) is 0 Å². The summed E-state index contributed by atoms with van der Waals surface area (Å²) >= 11 is 0. The largest absolute Gasteiger partial charge is 0.362 e. The molecule has 20 heavy (non-hydrogen) atoms. The fourth-order valence-electron chi connectivity index (χ4n) is 2.21. The number of carbonyl (C=O) groups is 2. The van der Waals surface area contributed by atoms with Crippen LogP contribution in [0.25, 0.3) is 0 Å². The van der Waals surface area contributed by atoms with Gasteiger partial charge in [0.25, 0.3) is 5.91 Å². The summed E-state index contributed by atoms with van der Waals surface area (Å²) in [6, 6.07) is 1.84. The van der Waals surface area contributed by atoms with Crippen LogP contribution in [0.5, 0.6) is 0 Å². The molecule has 0 bridgehead atoms. The summed E-state index contributed by atoms with van der Waals surface area (Å²) in [5.41, 5.74) is -0.0936. The molecule has 1 atom stereocenters. The van der Waals surface area contributed by atoms with Crippen LogP contribution in [-0.2, 0) is 27.9 Å². The lowest BCUT2D eigenvalue weighted by Gasteiger charge is -2.38. The molecular weight excluding hydrogens is 260 g/mol. The highest BCUT2D eigenvalue weighted by molar-refractivity contribution is 5.86. The van der Waals surface area contributed by atoms with Crippen molar-refractivity contribution >= 4 is 11.8 Å². The fraction of sp³-hybridized carbons (Fsp3) is 0.615. The van der Waals surface area contributed by atoms with Crippen molar-refractivity contribution in [2.75, 3.05) is 19.7 Å². The van der Waals surface area contributed by atoms with Crippen LogP contribution in [0.2, 0.25) is 0 Å². The Morgan fingerprint density at radius 3 is 2.90 bits per heavy atom. The number of nitrogens with zero attached hydrogens (tertiary/aromatic N) is 3. The van der Waals surface area contributed by atoms with Crippen LogP contribution >= 0.6 is 0 Å². The van der Waals surface area contributed by atoms with Gasteiger partial charge in [-0.05, 0) is 13.0 Å². The van der Waals surface area contributed by atoms with E-state index >= 15 is 0 Å². The van der Waals surface area contributed by atoms with E-state index in [1.165, 1.54) is 6.92 Å². The summed E-state index contributed by atoms with van der Waals surface area (Å²) < 4.78 is 7.28. The normalized spacial score (nSPS) is 22.6. The van der Waals surface area contributed by atoms with Crippen LogP contribution in [0.4, 0.5) is 0 Å². The van der Waals surface area contributed by atoms with E-state index in [1.54, 1.807) is 22.7 Å². The fourth-order valence-corrected chi connectivity index (χ4v) is 2.21. The molecule has 0 aliphatic carbocycles. The first-order valence-corrected chi connectivity index (χ1v) is 6.57. The van der Waals surface area contributed by atoms with Crippen molar-refractivity contribution in [1.82, 2.24) is 20.0 Å². The highest BCUT2D eigenvalue weighted by atomic mass is 16.5. The average Bonchev–Trinajstić information content (AvgIpc) is 2.81. The standard InChI is InChI=1S/C13H20N4O3/c1-10(18)17-6-7-20-13(2,9-17)12(19)14-8-11-4-5-15-16(11)3/h4-5H,6-9H2,1-3H3,(H,14,19)/t13-/m0/s1. The Balaban J connectivity index is 1.97. The number of amides is 2. The van der Waals surface area contributed by atoms with Crippen molar-refractivity contribution in [2.45, 2.75) is 26.0 Å². The zero-order valence-electron chi connectivity index (χ0n) is 12.0. The second-order valence-corrected chi connectivity index (χ2v) is 5.15. The minimum atomic E-state index is -0.998. The van der Waals surface area contributed by atoms with Crippen LogP contribution in [0, 0.1) is 0 Å². The van der Waals surface area contributed by atoms with E-state index < -0.39 is 5.60 Å². The number of rotatable bonds is 3. The van der Waals surface area contributed by atoms with Gasteiger partial charge in [-0.2, -0.15) is 5.10 Å². The van der Waals surface area contributed by atoms with E-state index in [0.717, 1.165) is 5.69 Å². The van der Waals surface area contributed by atoms with Gasteiger partial charge in [0.15, 0.2) is 5.60 Å². The molecule has 0 aromatic carbocycles. The number of ether oxygens (including phenoxy) is 1. The van der Waals surface area contributed by atoms with Crippen molar-refractivity contribution in [1.29, 1.82) is 0 Å². The lowest BCUT2D eigenvalue weighted by molar-refractivity contribution is -0.162. The van der Waals surface area contributed by atoms with Crippen molar-refractivity contribution in [2.24, 2.45) is 7.05 Å². The van der Waals surface area contributed by atoms with Gasteiger partial charge >= 0.3 is 0 Å². The van der Waals surface area contributed by atoms with Gasteiger partial charge in [0.2, 0.25) is 5.91 Å². The van der Waals surface area contributed by atoms with Crippen molar-refractivity contribution in [3.63, 3.8) is 0 Å². The smallest absolute Gasteiger partial charge is 0.254 e. The maximum Gasteiger partial charge on any atom is 0.254 e. The van der Waals surface area contributed by atoms with Crippen LogP contribution in [0.3, 0.4) is 0 Å². The lowest BCUT2D eigenvalue weighted by Crippen LogP contribution is -2.58. The first-order chi connectivity index (χ1) is 9.42. The summed E-state index contributed by atoms with van der Waals surface area (Å²) in [6.45, 7) is 4.77. The molecule has 1 aliphatic heterocycles. The Bertz CT molecular complexity index is 513. The maximum atomic E-state index is 12.3. The minimum Gasteiger partial charge on any atom is -0.362 e. The minimum absolute atomic E-state index is 0.0426. The third-order valence-corrected chi connectivity index (χ3v) is 3.55. The second kappa shape index (κ2) is 5.62. The molecule has 1 saturated heterocycles. The monoisotopic (exact) mass is 280 g/mol. The van der Waals surface area contributed by atoms with Gasteiger partial charge in [0, 0.05) is 26.7 Å². The first-order valence-electron chi connectivity index (χ1n) is 6.57. The number of morpholine rings is 1. The van der Waals surface area contributed by atoms with E-state index in [2.05, 4.69) is 10.4 Å². The van der Waals surface area contributed by atoms with Gasteiger partial charge in [-0.1, -0.05) is 0 Å². The SMILES string of the molecule is CC(=O)N1CCO[C@](C)(C(=O)NCc2ccnn2C)C1. The number of nitrogens with one attached hydrogen (secondary N) is 1. The topological polar surface area (TPSA) is 76.5 Å². The molecule has 1 aromatic heterocycles. The first kappa shape index (κ1) is 14.5. The van der Waals surface area contributed by atoms with Crippen LogP contribution in [0.1, 0.15) is 19.5 Å². The lowest BCUT2D eigenvalue weighted by atomic mass is 10.0. The number of aromatic nitrogens is 2. The Morgan fingerprint density at radius 2 is 2.30 bits per heavy atom. The molecule has 7 heteroatoms. The molecule has 1 fully saturated rings. The van der Waals surface area contributed by atoms with Crippen molar-refractivity contribution < 1.29 is 14.3 Å². The zero-order chi connectivity index (χ0) is 14.8. The van der Waals surface area contributed by atoms with E-state index in [4.69, 9.17) is 4.74 Å². The molecule has 0 spiro atoms. The highest BCUT2D eigenvalue weighted by Crippen LogP contribution is 2.18. The third-order valence-electron chi connectivity index (χ3n) is 3.55. The number of hydrogen-bond acceptors (Lipinski definition) is 4. The van der Waals surface area contributed by atoms with E-state index in [1.807, 2.05) is 13.1 Å². The van der Waals surface area contributed by atoms with E-state index in [-0.39, 0.29) is 18.4 Å². The molecule has 2 heterocycles. The summed E-state index contributed by atoms with van der Waals surface area (Å²) in [5.74, 6) is -0.261. The molecule has 7 nitrogen and oxygen atoms in total. The van der Waals surface area contributed by atoms with E-state index in [9.17, 15) is 9.59 Å². The molecule has 0 radical (unpaired) electrons. The van der Waals surface area contributed by atoms with Crippen LogP contribution in [-0.4, -0.2) is 51.8 Å². The maximum absolute atomic E-state index is 12.3. The predicted molar refractivity (Wildman–Crippen MR) is 71.7 cm³/mol. The summed E-state index contributed by atoms with van der Waals surface area (Å²) in [7, 11) is 1.82. The van der Waals surface area contributed by atoms with Gasteiger partial charge in [0.05, 0.1) is 25.4 Å². The molecular formula is C13H20N4O3. The van der Waals surface area contributed by atoms with Gasteiger partial charge in [-0.15, -0.1) is 0 Å². The van der Waals surface area contributed by atoms with Gasteiger partial charge in [-0.25, -0.2) is 0 Å². The predicted octanol–water partition coefficient (Wildman–Crippen LogP) is -0.326. The van der Waals surface area contributed by atoms with Crippen LogP contribution < -0.4 is 5.32 Å². The number of carbonyl (C=O) groups excluding carboxylic acids is 2. The summed E-state index contributed by atoms with van der Waals surface area (Å²) in [4.78, 5) is 25.3. The Kier molecular flexibility index (Phi) is 4.08. The Labute approximate surface area is 117 Å². The van der Waals surface area contributed by atoms with Gasteiger partial charge in [-0.3, -0.25) is 14.3 Å². The highest BCUT2D eigenvalue weighted by Gasteiger charge is 2.39. The van der Waals surface area contributed by atoms with E-state index in [0.29, 0.717) is 19.7 Å². The summed E-state index contributed by atoms with van der Waals surface area (Å²) in [6.07, 6.45) is 1.68. The molecule has 0 unspecified atom stereocenters. The molecule has 1 N–H and O–H groups in total. The quantitative estimate of drug-likeness (QED) is 0.823. The van der Waals surface area contributed by atoms with Crippen LogP contribution in [0.15, 0.2) is 12.3 Å². The Hall–Kier alpha value is -1.89. The molecule has 110 valence electrons. The molecule has 2 amide bonds. The van der Waals surface area contributed by atoms with Gasteiger partial charge in [0.1, 0.15) is 0 Å². The average molecular weight is 280 g/mol. The Morgan fingerprint density at radius 1 is 1.55 bits per heavy atom. The van der Waals surface area contributed by atoms with Crippen molar-refractivity contribution in [3.05, 3.63) is 18.0 Å².